The van der Waals surface area contributed by atoms with Crippen LogP contribution in [0, 0.1) is 0 Å². The Morgan fingerprint density at radius 1 is 0.607 bits per heavy atom. The van der Waals surface area contributed by atoms with Gasteiger partial charge in [-0.05, 0) is 6.07 Å². The number of aromatic hydroxyl groups is 1. The highest BCUT2D eigenvalue weighted by atomic mass is 19.4. The van der Waals surface area contributed by atoms with E-state index in [1.54, 1.807) is 0 Å². The molecule has 1 rings (SSSR count). The summed E-state index contributed by atoms with van der Waals surface area (Å²) >= 11 is 0. The quantitative estimate of drug-likeness (QED) is 0.598. The summed E-state index contributed by atoms with van der Waals surface area (Å²) in [4.78, 5) is 0. The highest BCUT2D eigenvalue weighted by molar-refractivity contribution is 5.35. The fraction of sp³-hybridized carbons (Fsp3) is 0.538. The first-order valence-electron chi connectivity index (χ1n) is 6.59. The van der Waals surface area contributed by atoms with Crippen LogP contribution in [-0.4, -0.2) is 46.0 Å². The Labute approximate surface area is 146 Å². The van der Waals surface area contributed by atoms with E-state index in [1.807, 2.05) is 0 Å². The van der Waals surface area contributed by atoms with Crippen LogP contribution in [0.25, 0.3) is 0 Å². The molecule has 1 unspecified atom stereocenters. The molecule has 0 aliphatic carbocycles. The third-order valence-electron chi connectivity index (χ3n) is 3.53. The van der Waals surface area contributed by atoms with Gasteiger partial charge in [-0.3, -0.25) is 0 Å². The lowest BCUT2D eigenvalue weighted by Gasteiger charge is -2.40. The van der Waals surface area contributed by atoms with Crippen LogP contribution in [0.3, 0.4) is 0 Å². The minimum atomic E-state index is -8.05. The molecule has 0 aliphatic heterocycles. The second-order valence-electron chi connectivity index (χ2n) is 5.38. The molecule has 0 bridgehead atoms. The van der Waals surface area contributed by atoms with Gasteiger partial charge in [-0.15, -0.1) is 0 Å². The number of hydrogen-bond donors (Lipinski definition) is 2. The third kappa shape index (κ3) is 3.12. The summed E-state index contributed by atoms with van der Waals surface area (Å²) in [7, 11) is 0. The molecule has 0 radical (unpaired) electrons. The smallest absolute Gasteiger partial charge is 0.460 e. The maximum Gasteiger partial charge on any atom is 0.460 e. The number of halogens is 13. The lowest BCUT2D eigenvalue weighted by molar-refractivity contribution is -0.444. The SMILES string of the molecule is Oc1ccccc1C(O)C(F)(F)C(F)(F)C(F)(F)C(F)(F)C(F)(F)C(F)(F)F. The normalized spacial score (nSPS) is 16.2. The fourth-order valence-corrected chi connectivity index (χ4v) is 1.87. The zero-order chi connectivity index (χ0) is 22.6. The Morgan fingerprint density at radius 2 is 1.00 bits per heavy atom. The van der Waals surface area contributed by atoms with Crippen molar-refractivity contribution in [1.82, 2.24) is 0 Å². The maximum absolute atomic E-state index is 13.7. The molecule has 1 aromatic rings. The lowest BCUT2D eigenvalue weighted by Crippen LogP contribution is -2.70. The molecular weight excluding hydrogens is 435 g/mol. The summed E-state index contributed by atoms with van der Waals surface area (Å²) in [6.07, 6.45) is -11.7. The highest BCUT2D eigenvalue weighted by Gasteiger charge is 2.91. The molecule has 0 saturated carbocycles. The number of alkyl halides is 13. The third-order valence-corrected chi connectivity index (χ3v) is 3.53. The molecule has 0 saturated heterocycles. The van der Waals surface area contributed by atoms with Crippen LogP contribution in [0.15, 0.2) is 24.3 Å². The lowest BCUT2D eigenvalue weighted by atomic mass is 9.89. The molecule has 162 valence electrons. The van der Waals surface area contributed by atoms with E-state index in [0.29, 0.717) is 12.1 Å². The number of phenolic OH excluding ortho intramolecular Hbond substituents is 1. The van der Waals surface area contributed by atoms with Crippen molar-refractivity contribution in [3.05, 3.63) is 29.8 Å². The average Bonchev–Trinajstić information content (AvgIpc) is 2.52. The molecule has 0 aromatic heterocycles. The van der Waals surface area contributed by atoms with Crippen LogP contribution in [-0.2, 0) is 0 Å². The van der Waals surface area contributed by atoms with Gasteiger partial charge in [-0.25, -0.2) is 0 Å². The monoisotopic (exact) mass is 442 g/mol. The standard InChI is InChI=1S/C13H7F13O2/c14-8(15,7(28)5-3-1-2-4-6(5)27)9(16,17)10(18,19)11(20,21)12(22,23)13(24,25)26/h1-4,7,27-28H. The maximum atomic E-state index is 13.7. The number of benzene rings is 1. The van der Waals surface area contributed by atoms with Crippen molar-refractivity contribution in [3.8, 4) is 5.75 Å². The van der Waals surface area contributed by atoms with Crippen LogP contribution in [0.4, 0.5) is 57.1 Å². The molecule has 2 N–H and O–H groups in total. The number of rotatable bonds is 6. The number of hydrogen-bond acceptors (Lipinski definition) is 2. The minimum Gasteiger partial charge on any atom is -0.508 e. The topological polar surface area (TPSA) is 40.5 Å². The van der Waals surface area contributed by atoms with Crippen molar-refractivity contribution in [3.63, 3.8) is 0 Å². The van der Waals surface area contributed by atoms with Gasteiger partial charge < -0.3 is 10.2 Å². The summed E-state index contributed by atoms with van der Waals surface area (Å²) in [6.45, 7) is 0. The van der Waals surface area contributed by atoms with E-state index in [4.69, 9.17) is 5.11 Å². The molecule has 0 spiro atoms. The van der Waals surface area contributed by atoms with Crippen molar-refractivity contribution < 1.29 is 67.3 Å². The molecule has 0 aliphatic rings. The van der Waals surface area contributed by atoms with Crippen LogP contribution in [0.1, 0.15) is 11.7 Å². The Hall–Kier alpha value is -1.93. The van der Waals surface area contributed by atoms with E-state index in [1.165, 1.54) is 0 Å². The second-order valence-corrected chi connectivity index (χ2v) is 5.38. The fourth-order valence-electron chi connectivity index (χ4n) is 1.87. The van der Waals surface area contributed by atoms with E-state index in [2.05, 4.69) is 0 Å². The highest BCUT2D eigenvalue weighted by Crippen LogP contribution is 2.62. The first-order valence-corrected chi connectivity index (χ1v) is 6.59. The molecule has 0 amide bonds. The van der Waals surface area contributed by atoms with Crippen molar-refractivity contribution in [2.45, 2.75) is 41.9 Å². The predicted molar refractivity (Wildman–Crippen MR) is 63.9 cm³/mol. The van der Waals surface area contributed by atoms with Crippen molar-refractivity contribution in [2.75, 3.05) is 0 Å². The van der Waals surface area contributed by atoms with Crippen LogP contribution in [0.2, 0.25) is 0 Å². The van der Waals surface area contributed by atoms with E-state index < -0.39 is 53.2 Å². The molecular formula is C13H7F13O2. The average molecular weight is 442 g/mol. The molecule has 1 aromatic carbocycles. The summed E-state index contributed by atoms with van der Waals surface area (Å²) in [6, 6.07) is 2.29. The zero-order valence-corrected chi connectivity index (χ0v) is 12.7. The van der Waals surface area contributed by atoms with E-state index >= 15 is 0 Å². The van der Waals surface area contributed by atoms with Gasteiger partial charge >= 0.3 is 35.8 Å². The molecule has 0 fully saturated rings. The summed E-state index contributed by atoms with van der Waals surface area (Å²) in [5.41, 5.74) is -1.62. The van der Waals surface area contributed by atoms with Gasteiger partial charge in [0.25, 0.3) is 0 Å². The molecule has 28 heavy (non-hydrogen) atoms. The Kier molecular flexibility index (Phi) is 5.64. The molecule has 1 atom stereocenters. The van der Waals surface area contributed by atoms with Gasteiger partial charge in [0.15, 0.2) is 6.10 Å². The largest absolute Gasteiger partial charge is 0.508 e. The molecule has 15 heteroatoms. The van der Waals surface area contributed by atoms with E-state index in [9.17, 15) is 62.2 Å². The minimum absolute atomic E-state index is 0.255. The summed E-state index contributed by atoms with van der Waals surface area (Å²) < 4.78 is 169. The zero-order valence-electron chi connectivity index (χ0n) is 12.7. The van der Waals surface area contributed by atoms with Crippen LogP contribution in [0.5, 0.6) is 5.75 Å². The number of aliphatic hydroxyl groups excluding tert-OH is 1. The Bertz CT molecular complexity index is 711. The molecule has 2 nitrogen and oxygen atoms in total. The number of aliphatic hydroxyl groups is 1. The Balaban J connectivity index is 3.55. The Morgan fingerprint density at radius 3 is 1.39 bits per heavy atom. The van der Waals surface area contributed by atoms with Crippen LogP contribution >= 0.6 is 0 Å². The number of phenols is 1. The predicted octanol–water partition coefficient (Wildman–Crippen LogP) is 5.16. The van der Waals surface area contributed by atoms with E-state index in [-0.39, 0.29) is 6.07 Å². The van der Waals surface area contributed by atoms with Gasteiger partial charge in [0.1, 0.15) is 5.75 Å². The van der Waals surface area contributed by atoms with Crippen molar-refractivity contribution in [2.24, 2.45) is 0 Å². The van der Waals surface area contributed by atoms with Crippen molar-refractivity contribution >= 4 is 0 Å². The van der Waals surface area contributed by atoms with E-state index in [0.717, 1.165) is 6.07 Å². The van der Waals surface area contributed by atoms with Crippen LogP contribution < -0.4 is 0 Å². The molecule has 0 heterocycles. The van der Waals surface area contributed by atoms with Gasteiger partial charge in [-0.1, -0.05) is 18.2 Å². The van der Waals surface area contributed by atoms with Gasteiger partial charge in [0.05, 0.1) is 0 Å². The number of para-hydroxylation sites is 1. The summed E-state index contributed by atoms with van der Waals surface area (Å²) in [5.74, 6) is -39.7. The van der Waals surface area contributed by atoms with Gasteiger partial charge in [-0.2, -0.15) is 57.1 Å². The van der Waals surface area contributed by atoms with Gasteiger partial charge in [0, 0.05) is 5.56 Å². The second kappa shape index (κ2) is 6.56. The van der Waals surface area contributed by atoms with Crippen molar-refractivity contribution in [1.29, 1.82) is 0 Å². The van der Waals surface area contributed by atoms with Gasteiger partial charge in [0.2, 0.25) is 0 Å². The first kappa shape index (κ1) is 24.1. The first-order chi connectivity index (χ1) is 12.2. The summed E-state index contributed by atoms with van der Waals surface area (Å²) in [5, 5.41) is 18.3.